The minimum Gasteiger partial charge on any atom is -0.473 e. The maximum atomic E-state index is 12.9. The molecular weight excluding hydrogens is 331 g/mol. The van der Waals surface area contributed by atoms with E-state index in [1.54, 1.807) is 30.5 Å². The molecule has 0 bridgehead atoms. The highest BCUT2D eigenvalue weighted by Crippen LogP contribution is 2.24. The Morgan fingerprint density at radius 1 is 1.25 bits per heavy atom. The molecule has 4 nitrogen and oxygen atoms in total. The van der Waals surface area contributed by atoms with Gasteiger partial charge in [0.1, 0.15) is 16.9 Å². The van der Waals surface area contributed by atoms with Gasteiger partial charge in [0, 0.05) is 32.1 Å². The van der Waals surface area contributed by atoms with Crippen molar-refractivity contribution >= 4 is 17.5 Å². The van der Waals surface area contributed by atoms with Crippen LogP contribution in [0.4, 0.5) is 4.39 Å². The highest BCUT2D eigenvalue weighted by molar-refractivity contribution is 6.31. The molecule has 1 saturated heterocycles. The number of benzene rings is 1. The predicted octanol–water partition coefficient (Wildman–Crippen LogP) is 3.49. The molecule has 1 fully saturated rings. The second-order valence-corrected chi connectivity index (χ2v) is 6.20. The lowest BCUT2D eigenvalue weighted by molar-refractivity contribution is -0.132. The Bertz CT molecular complexity index is 700. The maximum Gasteiger partial charge on any atom is 0.232 e. The summed E-state index contributed by atoms with van der Waals surface area (Å²) < 4.78 is 18.7. The van der Waals surface area contributed by atoms with E-state index in [0.717, 1.165) is 18.4 Å². The van der Waals surface area contributed by atoms with Gasteiger partial charge < -0.3 is 9.64 Å². The lowest BCUT2D eigenvalue weighted by Crippen LogP contribution is -2.42. The first-order valence-electron chi connectivity index (χ1n) is 7.91. The van der Waals surface area contributed by atoms with Crippen molar-refractivity contribution in [3.63, 3.8) is 0 Å². The van der Waals surface area contributed by atoms with Gasteiger partial charge in [0.25, 0.3) is 0 Å². The second-order valence-electron chi connectivity index (χ2n) is 5.79. The summed E-state index contributed by atoms with van der Waals surface area (Å²) in [6, 6.07) is 9.54. The van der Waals surface area contributed by atoms with Crippen LogP contribution in [-0.2, 0) is 11.2 Å². The van der Waals surface area contributed by atoms with E-state index in [9.17, 15) is 9.18 Å². The number of hydrogen-bond donors (Lipinski definition) is 0. The number of aromatic nitrogens is 1. The third kappa shape index (κ3) is 4.23. The van der Waals surface area contributed by atoms with Crippen LogP contribution in [0.5, 0.6) is 5.88 Å². The molecule has 1 aliphatic heterocycles. The fourth-order valence-electron chi connectivity index (χ4n) is 2.73. The molecule has 1 aromatic carbocycles. The van der Waals surface area contributed by atoms with Crippen LogP contribution >= 0.6 is 11.6 Å². The van der Waals surface area contributed by atoms with Crippen molar-refractivity contribution in [3.05, 3.63) is 59.0 Å². The Balaban J connectivity index is 1.50. The molecule has 1 amide bonds. The van der Waals surface area contributed by atoms with Crippen LogP contribution in [0, 0.1) is 5.82 Å². The number of amides is 1. The van der Waals surface area contributed by atoms with Gasteiger partial charge in [0.15, 0.2) is 0 Å². The first kappa shape index (κ1) is 16.7. The molecule has 6 heteroatoms. The number of nitrogens with zero attached hydrogens (tertiary/aromatic N) is 2. The van der Waals surface area contributed by atoms with Gasteiger partial charge in [-0.15, -0.1) is 0 Å². The van der Waals surface area contributed by atoms with E-state index in [-0.39, 0.29) is 24.2 Å². The van der Waals surface area contributed by atoms with Crippen LogP contribution in [0.15, 0.2) is 42.6 Å². The number of pyridine rings is 1. The normalized spacial score (nSPS) is 15.3. The zero-order valence-electron chi connectivity index (χ0n) is 13.1. The van der Waals surface area contributed by atoms with Gasteiger partial charge in [-0.25, -0.2) is 9.37 Å². The largest absolute Gasteiger partial charge is 0.473 e. The van der Waals surface area contributed by atoms with Crippen molar-refractivity contribution < 1.29 is 13.9 Å². The summed E-state index contributed by atoms with van der Waals surface area (Å²) in [6.45, 7) is 1.27. The number of likely N-dealkylation sites (tertiary alicyclic amines) is 1. The summed E-state index contributed by atoms with van der Waals surface area (Å²) in [7, 11) is 0. The number of piperidine rings is 1. The Morgan fingerprint density at radius 3 is 2.62 bits per heavy atom. The van der Waals surface area contributed by atoms with E-state index >= 15 is 0 Å². The molecule has 0 unspecified atom stereocenters. The van der Waals surface area contributed by atoms with Crippen molar-refractivity contribution in [1.29, 1.82) is 0 Å². The van der Waals surface area contributed by atoms with Crippen molar-refractivity contribution in [1.82, 2.24) is 9.88 Å². The quantitative estimate of drug-likeness (QED) is 0.849. The predicted molar refractivity (Wildman–Crippen MR) is 89.6 cm³/mol. The van der Waals surface area contributed by atoms with Crippen LogP contribution < -0.4 is 4.74 Å². The first-order chi connectivity index (χ1) is 11.6. The van der Waals surface area contributed by atoms with Crippen LogP contribution in [0.1, 0.15) is 18.4 Å². The van der Waals surface area contributed by atoms with E-state index in [4.69, 9.17) is 16.3 Å². The summed E-state index contributed by atoms with van der Waals surface area (Å²) in [5.41, 5.74) is 0.819. The Morgan fingerprint density at radius 2 is 1.96 bits per heavy atom. The Kier molecular flexibility index (Phi) is 5.30. The minimum absolute atomic E-state index is 0.00673. The van der Waals surface area contributed by atoms with Gasteiger partial charge in [0.05, 0.1) is 6.42 Å². The zero-order valence-corrected chi connectivity index (χ0v) is 13.9. The lowest BCUT2D eigenvalue weighted by atomic mass is 10.1. The molecule has 1 aromatic heterocycles. The number of carbonyl (C=O) groups excluding carboxylic acids is 1. The second kappa shape index (κ2) is 7.62. The monoisotopic (exact) mass is 348 g/mol. The Labute approximate surface area is 145 Å². The summed E-state index contributed by atoms with van der Waals surface area (Å²) in [5, 5.41) is 0.493. The van der Waals surface area contributed by atoms with E-state index in [1.165, 1.54) is 12.1 Å². The molecule has 0 saturated carbocycles. The number of ether oxygens (including phenoxy) is 1. The van der Waals surface area contributed by atoms with E-state index in [1.807, 2.05) is 4.90 Å². The highest BCUT2D eigenvalue weighted by atomic mass is 35.5. The molecule has 2 aromatic rings. The smallest absolute Gasteiger partial charge is 0.232 e. The summed E-state index contributed by atoms with van der Waals surface area (Å²) >= 11 is 6.05. The topological polar surface area (TPSA) is 42.4 Å². The van der Waals surface area contributed by atoms with Crippen molar-refractivity contribution in [2.75, 3.05) is 13.1 Å². The van der Waals surface area contributed by atoms with Gasteiger partial charge in [0.2, 0.25) is 11.8 Å². The van der Waals surface area contributed by atoms with Crippen molar-refractivity contribution in [2.24, 2.45) is 0 Å². The number of halogens is 2. The van der Waals surface area contributed by atoms with E-state index < -0.39 is 0 Å². The van der Waals surface area contributed by atoms with E-state index in [2.05, 4.69) is 4.98 Å². The van der Waals surface area contributed by atoms with Gasteiger partial charge in [-0.1, -0.05) is 23.7 Å². The fraction of sp³-hybridized carbons (Fsp3) is 0.333. The number of hydrogen-bond acceptors (Lipinski definition) is 3. The third-order valence-corrected chi connectivity index (χ3v) is 4.35. The van der Waals surface area contributed by atoms with Gasteiger partial charge in [-0.2, -0.15) is 0 Å². The van der Waals surface area contributed by atoms with Gasteiger partial charge in [-0.3, -0.25) is 4.79 Å². The van der Waals surface area contributed by atoms with Crippen LogP contribution in [0.2, 0.25) is 5.02 Å². The molecular formula is C18H18ClFN2O2. The number of rotatable bonds is 4. The standard InChI is InChI=1S/C18H18ClFN2O2/c19-16-2-1-9-21-18(16)24-15-7-10-22(11-8-15)17(23)12-13-3-5-14(20)6-4-13/h1-6,9,15H,7-8,10-12H2. The molecule has 126 valence electrons. The molecule has 0 spiro atoms. The molecule has 2 heterocycles. The van der Waals surface area contributed by atoms with E-state index in [0.29, 0.717) is 24.0 Å². The van der Waals surface area contributed by atoms with Crippen molar-refractivity contribution in [3.8, 4) is 5.88 Å². The molecule has 3 rings (SSSR count). The maximum absolute atomic E-state index is 12.9. The summed E-state index contributed by atoms with van der Waals surface area (Å²) in [6.07, 6.45) is 3.41. The summed E-state index contributed by atoms with van der Waals surface area (Å²) in [4.78, 5) is 18.3. The van der Waals surface area contributed by atoms with Gasteiger partial charge >= 0.3 is 0 Å². The molecule has 0 atom stereocenters. The SMILES string of the molecule is O=C(Cc1ccc(F)cc1)N1CCC(Oc2ncccc2Cl)CC1. The van der Waals surface area contributed by atoms with Gasteiger partial charge in [-0.05, 0) is 29.8 Å². The molecule has 24 heavy (non-hydrogen) atoms. The average molecular weight is 349 g/mol. The lowest BCUT2D eigenvalue weighted by Gasteiger charge is -2.32. The zero-order chi connectivity index (χ0) is 16.9. The molecule has 0 N–H and O–H groups in total. The third-order valence-electron chi connectivity index (χ3n) is 4.07. The van der Waals surface area contributed by atoms with Crippen LogP contribution in [0.3, 0.4) is 0 Å². The minimum atomic E-state index is -0.294. The first-order valence-corrected chi connectivity index (χ1v) is 8.29. The summed E-state index contributed by atoms with van der Waals surface area (Å²) in [5.74, 6) is 0.198. The van der Waals surface area contributed by atoms with Crippen LogP contribution in [-0.4, -0.2) is 35.0 Å². The van der Waals surface area contributed by atoms with Crippen LogP contribution in [0.25, 0.3) is 0 Å². The molecule has 1 aliphatic rings. The molecule has 0 radical (unpaired) electrons. The fourth-order valence-corrected chi connectivity index (χ4v) is 2.89. The van der Waals surface area contributed by atoms with Crippen molar-refractivity contribution in [2.45, 2.75) is 25.4 Å². The number of carbonyl (C=O) groups is 1. The molecule has 0 aliphatic carbocycles. The average Bonchev–Trinajstić information content (AvgIpc) is 2.59. The Hall–Kier alpha value is -2.14. The highest BCUT2D eigenvalue weighted by Gasteiger charge is 2.24.